The Hall–Kier alpha value is -0.230. The third kappa shape index (κ3) is 5.77. The molecule has 0 saturated heterocycles. The average molecular weight is 331 g/mol. The Morgan fingerprint density at radius 2 is 1.76 bits per heavy atom. The van der Waals surface area contributed by atoms with E-state index in [9.17, 15) is 17.6 Å². The van der Waals surface area contributed by atoms with Gasteiger partial charge >= 0.3 is 5.51 Å². The first-order valence-corrected chi connectivity index (χ1v) is 7.05. The second-order valence-corrected chi connectivity index (χ2v) is 5.29. The number of alkyl halides is 4. The quantitative estimate of drug-likeness (QED) is 0.544. The molecule has 96 valence electrons. The Balaban J connectivity index is 2.51. The Kier molecular flexibility index (Phi) is 5.79. The predicted molar refractivity (Wildman–Crippen MR) is 66.1 cm³/mol. The molecule has 0 aliphatic rings. The molecule has 0 nitrogen and oxygen atoms in total. The minimum Gasteiger partial charge on any atom is -0.207 e. The highest BCUT2D eigenvalue weighted by atomic mass is 79.9. The van der Waals surface area contributed by atoms with E-state index in [-0.39, 0.29) is 29.2 Å². The fourth-order valence-electron chi connectivity index (χ4n) is 1.38. The third-order valence-corrected chi connectivity index (χ3v) is 3.81. The van der Waals surface area contributed by atoms with Gasteiger partial charge in [0.2, 0.25) is 0 Å². The van der Waals surface area contributed by atoms with Crippen molar-refractivity contribution < 1.29 is 17.6 Å². The molecule has 1 unspecified atom stereocenters. The van der Waals surface area contributed by atoms with Crippen LogP contribution < -0.4 is 0 Å². The zero-order chi connectivity index (χ0) is 12.9. The van der Waals surface area contributed by atoms with Crippen molar-refractivity contribution in [2.75, 3.05) is 11.1 Å². The van der Waals surface area contributed by atoms with Crippen LogP contribution in [0.4, 0.5) is 17.6 Å². The number of hydrogen-bond donors (Lipinski definition) is 0. The van der Waals surface area contributed by atoms with E-state index >= 15 is 0 Å². The van der Waals surface area contributed by atoms with Crippen LogP contribution in [0.2, 0.25) is 0 Å². The van der Waals surface area contributed by atoms with Gasteiger partial charge in [-0.25, -0.2) is 4.39 Å². The van der Waals surface area contributed by atoms with E-state index in [0.29, 0.717) is 11.8 Å². The van der Waals surface area contributed by atoms with Crippen LogP contribution in [0.25, 0.3) is 0 Å². The van der Waals surface area contributed by atoms with Gasteiger partial charge in [0.15, 0.2) is 0 Å². The lowest BCUT2D eigenvalue weighted by atomic mass is 9.99. The van der Waals surface area contributed by atoms with Crippen molar-refractivity contribution in [2.45, 2.75) is 17.8 Å². The first kappa shape index (κ1) is 14.8. The average Bonchev–Trinajstić information content (AvgIpc) is 2.24. The van der Waals surface area contributed by atoms with Gasteiger partial charge in [-0.05, 0) is 30.0 Å². The molecule has 0 bridgehead atoms. The highest BCUT2D eigenvalue weighted by Crippen LogP contribution is 2.33. The van der Waals surface area contributed by atoms with E-state index in [1.807, 2.05) is 0 Å². The first-order valence-electron chi connectivity index (χ1n) is 4.94. The van der Waals surface area contributed by atoms with Crippen LogP contribution in [0.15, 0.2) is 24.3 Å². The van der Waals surface area contributed by atoms with E-state index in [1.54, 1.807) is 12.1 Å². The van der Waals surface area contributed by atoms with Gasteiger partial charge in [0.1, 0.15) is 5.82 Å². The Labute approximate surface area is 110 Å². The summed E-state index contributed by atoms with van der Waals surface area (Å²) in [6.07, 6.45) is 0.404. The fraction of sp³-hybridized carbons (Fsp3) is 0.455. The molecule has 1 atom stereocenters. The zero-order valence-corrected chi connectivity index (χ0v) is 11.2. The van der Waals surface area contributed by atoms with Crippen LogP contribution in [0.5, 0.6) is 0 Å². The van der Waals surface area contributed by atoms with Crippen molar-refractivity contribution in [1.82, 2.24) is 0 Å². The van der Waals surface area contributed by atoms with E-state index in [4.69, 9.17) is 0 Å². The molecule has 6 heteroatoms. The summed E-state index contributed by atoms with van der Waals surface area (Å²) in [6, 6.07) is 5.86. The molecule has 0 radical (unpaired) electrons. The van der Waals surface area contributed by atoms with Crippen LogP contribution in [0, 0.1) is 5.82 Å². The summed E-state index contributed by atoms with van der Waals surface area (Å²) < 4.78 is 48.6. The number of benzene rings is 1. The minimum atomic E-state index is -4.18. The molecule has 1 aromatic carbocycles. The summed E-state index contributed by atoms with van der Waals surface area (Å²) >= 11 is 3.25. The Morgan fingerprint density at radius 1 is 1.18 bits per heavy atom. The first-order chi connectivity index (χ1) is 7.92. The number of rotatable bonds is 5. The van der Waals surface area contributed by atoms with Crippen molar-refractivity contribution >= 4 is 27.7 Å². The van der Waals surface area contributed by atoms with Gasteiger partial charge in [-0.15, -0.1) is 0 Å². The lowest BCUT2D eigenvalue weighted by Gasteiger charge is -2.14. The summed E-state index contributed by atoms with van der Waals surface area (Å²) in [5, 5.41) is 0.567. The predicted octanol–water partition coefficient (Wildman–Crippen LogP) is 4.95. The van der Waals surface area contributed by atoms with Gasteiger partial charge in [-0.2, -0.15) is 13.2 Å². The van der Waals surface area contributed by atoms with Crippen LogP contribution in [0.3, 0.4) is 0 Å². The molecule has 0 N–H and O–H groups in total. The monoisotopic (exact) mass is 330 g/mol. The van der Waals surface area contributed by atoms with Gasteiger partial charge in [0, 0.05) is 11.1 Å². The Morgan fingerprint density at radius 3 is 2.24 bits per heavy atom. The van der Waals surface area contributed by atoms with Crippen molar-refractivity contribution in [1.29, 1.82) is 0 Å². The lowest BCUT2D eigenvalue weighted by Crippen LogP contribution is -2.06. The van der Waals surface area contributed by atoms with Crippen molar-refractivity contribution in [3.63, 3.8) is 0 Å². The topological polar surface area (TPSA) is 0 Å². The van der Waals surface area contributed by atoms with Crippen LogP contribution in [-0.2, 0) is 0 Å². The molecule has 1 rings (SSSR count). The Bertz CT molecular complexity index is 336. The highest BCUT2D eigenvalue weighted by molar-refractivity contribution is 9.09. The largest absolute Gasteiger partial charge is 0.441 e. The molecular formula is C11H11BrF4S. The van der Waals surface area contributed by atoms with Crippen molar-refractivity contribution in [3.05, 3.63) is 35.6 Å². The second kappa shape index (κ2) is 6.64. The van der Waals surface area contributed by atoms with E-state index in [2.05, 4.69) is 15.9 Å². The lowest BCUT2D eigenvalue weighted by molar-refractivity contribution is -0.0328. The summed E-state index contributed by atoms with van der Waals surface area (Å²) in [5.74, 6) is -0.353. The molecule has 0 saturated carbocycles. The van der Waals surface area contributed by atoms with Crippen LogP contribution in [0.1, 0.15) is 17.9 Å². The van der Waals surface area contributed by atoms with E-state index < -0.39 is 5.51 Å². The minimum absolute atomic E-state index is 0.0111. The van der Waals surface area contributed by atoms with Gasteiger partial charge in [0.05, 0.1) is 0 Å². The maximum atomic E-state index is 12.7. The molecule has 1 aromatic rings. The molecule has 0 spiro atoms. The normalized spacial score (nSPS) is 13.7. The molecule has 0 amide bonds. The molecule has 17 heavy (non-hydrogen) atoms. The van der Waals surface area contributed by atoms with Gasteiger partial charge in [-0.3, -0.25) is 0 Å². The molecule has 0 aliphatic carbocycles. The molecular weight excluding hydrogens is 320 g/mol. The molecule has 0 fully saturated rings. The summed E-state index contributed by atoms with van der Waals surface area (Å²) in [6.45, 7) is 0. The third-order valence-electron chi connectivity index (χ3n) is 2.26. The van der Waals surface area contributed by atoms with E-state index in [1.165, 1.54) is 12.1 Å². The highest BCUT2D eigenvalue weighted by Gasteiger charge is 2.28. The molecule has 0 aliphatic heterocycles. The maximum Gasteiger partial charge on any atom is 0.441 e. The SMILES string of the molecule is Fc1ccc(C(CBr)CCSC(F)(F)F)cc1. The van der Waals surface area contributed by atoms with Gasteiger partial charge in [0.25, 0.3) is 0 Å². The number of hydrogen-bond acceptors (Lipinski definition) is 1. The number of halogens is 5. The van der Waals surface area contributed by atoms with Crippen LogP contribution >= 0.6 is 27.7 Å². The standard InChI is InChI=1S/C11H11BrF4S/c12-7-9(5-6-17-11(14,15)16)8-1-3-10(13)4-2-8/h1-4,9H,5-7H2. The summed E-state index contributed by atoms with van der Waals surface area (Å²) in [5.41, 5.74) is -3.33. The van der Waals surface area contributed by atoms with Crippen molar-refractivity contribution in [3.8, 4) is 0 Å². The number of thioether (sulfide) groups is 1. The van der Waals surface area contributed by atoms with Crippen molar-refractivity contribution in [2.24, 2.45) is 0 Å². The molecule has 0 heterocycles. The smallest absolute Gasteiger partial charge is 0.207 e. The summed E-state index contributed by atoms with van der Waals surface area (Å²) in [7, 11) is 0. The van der Waals surface area contributed by atoms with Gasteiger partial charge in [-0.1, -0.05) is 39.8 Å². The van der Waals surface area contributed by atoms with Gasteiger partial charge < -0.3 is 0 Å². The molecule has 0 aromatic heterocycles. The fourth-order valence-corrected chi connectivity index (χ4v) is 2.72. The maximum absolute atomic E-state index is 12.7. The zero-order valence-electron chi connectivity index (χ0n) is 8.81. The summed E-state index contributed by atoms with van der Waals surface area (Å²) in [4.78, 5) is 0. The van der Waals surface area contributed by atoms with Crippen LogP contribution in [-0.4, -0.2) is 16.6 Å². The second-order valence-electron chi connectivity index (χ2n) is 3.49. The van der Waals surface area contributed by atoms with E-state index in [0.717, 1.165) is 5.56 Å².